The smallest absolute Gasteiger partial charge is 0.282 e. The zero-order chi connectivity index (χ0) is 22.7. The van der Waals surface area contributed by atoms with E-state index in [1.54, 1.807) is 18.2 Å². The number of para-hydroxylation sites is 2. The lowest BCUT2D eigenvalue weighted by Crippen LogP contribution is -2.40. The minimum atomic E-state index is -0.361. The predicted octanol–water partition coefficient (Wildman–Crippen LogP) is 3.49. The summed E-state index contributed by atoms with van der Waals surface area (Å²) in [6, 6.07) is 14.4. The van der Waals surface area contributed by atoms with Gasteiger partial charge in [0.2, 0.25) is 0 Å². The number of benzene rings is 2. The van der Waals surface area contributed by atoms with Crippen molar-refractivity contribution in [2.75, 3.05) is 37.8 Å². The van der Waals surface area contributed by atoms with Gasteiger partial charge in [0, 0.05) is 13.1 Å². The molecule has 2 amide bonds. The number of ether oxygens (including phenoxy) is 3. The Morgan fingerprint density at radius 3 is 2.31 bits per heavy atom. The molecule has 2 aliphatic heterocycles. The summed E-state index contributed by atoms with van der Waals surface area (Å²) in [7, 11) is 0. The number of morpholine rings is 1. The van der Waals surface area contributed by atoms with Gasteiger partial charge in [0.15, 0.2) is 0 Å². The zero-order valence-electron chi connectivity index (χ0n) is 18.7. The normalized spacial score (nSPS) is 16.9. The van der Waals surface area contributed by atoms with Gasteiger partial charge in [0.25, 0.3) is 11.8 Å². The molecule has 0 aromatic heterocycles. The Labute approximate surface area is 188 Å². The van der Waals surface area contributed by atoms with Crippen LogP contribution in [0.5, 0.6) is 11.5 Å². The van der Waals surface area contributed by atoms with Crippen LogP contribution in [0.1, 0.15) is 26.3 Å². The highest BCUT2D eigenvalue weighted by Crippen LogP contribution is 2.39. The molecule has 32 heavy (non-hydrogen) atoms. The first-order chi connectivity index (χ1) is 15.5. The summed E-state index contributed by atoms with van der Waals surface area (Å²) < 4.78 is 16.9. The van der Waals surface area contributed by atoms with E-state index in [1.165, 1.54) is 4.90 Å². The number of hydrogen-bond donors (Lipinski definition) is 0. The zero-order valence-corrected chi connectivity index (χ0v) is 18.7. The van der Waals surface area contributed by atoms with Crippen molar-refractivity contribution in [3.8, 4) is 11.5 Å². The minimum absolute atomic E-state index is 0.0961. The molecule has 0 bridgehead atoms. The van der Waals surface area contributed by atoms with Crippen molar-refractivity contribution in [1.82, 2.24) is 4.90 Å². The third-order valence-corrected chi connectivity index (χ3v) is 5.31. The number of amides is 2. The molecule has 1 saturated heterocycles. The number of hydrogen-bond acceptors (Lipinski definition) is 6. The SMILES string of the molecule is CCOc1ccc(C2=C(N3CCOCC3)C(=O)N(c3ccccc3OC(C)C)C2=O)cc1. The van der Waals surface area contributed by atoms with Gasteiger partial charge in [0.05, 0.1) is 37.2 Å². The summed E-state index contributed by atoms with van der Waals surface area (Å²) in [4.78, 5) is 30.6. The Hall–Kier alpha value is -3.32. The Morgan fingerprint density at radius 2 is 1.66 bits per heavy atom. The summed E-state index contributed by atoms with van der Waals surface area (Å²) in [5.41, 5.74) is 1.92. The largest absolute Gasteiger partial charge is 0.494 e. The molecular weight excluding hydrogens is 408 g/mol. The van der Waals surface area contributed by atoms with E-state index in [9.17, 15) is 9.59 Å². The van der Waals surface area contributed by atoms with Crippen LogP contribution in [0.4, 0.5) is 5.69 Å². The monoisotopic (exact) mass is 436 g/mol. The average molecular weight is 437 g/mol. The third-order valence-electron chi connectivity index (χ3n) is 5.31. The van der Waals surface area contributed by atoms with Crippen LogP contribution >= 0.6 is 0 Å². The van der Waals surface area contributed by atoms with Crippen LogP contribution in [-0.4, -0.2) is 55.7 Å². The lowest BCUT2D eigenvalue weighted by Gasteiger charge is -2.29. The molecule has 0 saturated carbocycles. The molecule has 0 N–H and O–H groups in total. The molecular formula is C25H28N2O5. The molecule has 168 valence electrons. The Bertz CT molecular complexity index is 1020. The van der Waals surface area contributed by atoms with Crippen molar-refractivity contribution >= 4 is 23.1 Å². The number of carbonyl (C=O) groups is 2. The number of rotatable bonds is 7. The van der Waals surface area contributed by atoms with Crippen LogP contribution in [0.15, 0.2) is 54.2 Å². The summed E-state index contributed by atoms with van der Waals surface area (Å²) >= 11 is 0. The molecule has 7 heteroatoms. The van der Waals surface area contributed by atoms with Gasteiger partial charge in [-0.25, -0.2) is 4.90 Å². The van der Waals surface area contributed by atoms with E-state index < -0.39 is 0 Å². The molecule has 4 rings (SSSR count). The molecule has 0 spiro atoms. The second-order valence-electron chi connectivity index (χ2n) is 7.86. The van der Waals surface area contributed by atoms with Crippen molar-refractivity contribution in [3.05, 3.63) is 59.8 Å². The van der Waals surface area contributed by atoms with Gasteiger partial charge < -0.3 is 19.1 Å². The maximum atomic E-state index is 13.7. The van der Waals surface area contributed by atoms with Crippen molar-refractivity contribution in [3.63, 3.8) is 0 Å². The topological polar surface area (TPSA) is 68.3 Å². The molecule has 2 aliphatic rings. The summed E-state index contributed by atoms with van der Waals surface area (Å²) in [5, 5.41) is 0. The second-order valence-corrected chi connectivity index (χ2v) is 7.86. The van der Waals surface area contributed by atoms with Crippen molar-refractivity contribution in [1.29, 1.82) is 0 Å². The van der Waals surface area contributed by atoms with E-state index in [0.29, 0.717) is 66.9 Å². The van der Waals surface area contributed by atoms with Gasteiger partial charge in [-0.2, -0.15) is 0 Å². The quantitative estimate of drug-likeness (QED) is 0.619. The van der Waals surface area contributed by atoms with Crippen molar-refractivity contribution < 1.29 is 23.8 Å². The van der Waals surface area contributed by atoms with Crippen LogP contribution in [0.2, 0.25) is 0 Å². The maximum Gasteiger partial charge on any atom is 0.282 e. The van der Waals surface area contributed by atoms with Crippen molar-refractivity contribution in [2.45, 2.75) is 26.9 Å². The molecule has 2 aromatic carbocycles. The van der Waals surface area contributed by atoms with Gasteiger partial charge in [-0.05, 0) is 50.6 Å². The summed E-state index contributed by atoms with van der Waals surface area (Å²) in [5.74, 6) is 0.508. The highest BCUT2D eigenvalue weighted by Gasteiger charge is 2.43. The van der Waals surface area contributed by atoms with Crippen LogP contribution in [0.25, 0.3) is 5.57 Å². The Kier molecular flexibility index (Phi) is 6.46. The molecule has 0 unspecified atom stereocenters. The van der Waals surface area contributed by atoms with Crippen LogP contribution in [0, 0.1) is 0 Å². The maximum absolute atomic E-state index is 13.7. The fourth-order valence-electron chi connectivity index (χ4n) is 3.96. The molecule has 0 aliphatic carbocycles. The number of anilines is 1. The van der Waals surface area contributed by atoms with E-state index in [2.05, 4.69) is 0 Å². The van der Waals surface area contributed by atoms with Gasteiger partial charge in [-0.1, -0.05) is 24.3 Å². The van der Waals surface area contributed by atoms with Crippen LogP contribution in [0.3, 0.4) is 0 Å². The number of nitrogens with zero attached hydrogens (tertiary/aromatic N) is 2. The third kappa shape index (κ3) is 4.21. The summed E-state index contributed by atoms with van der Waals surface area (Å²) in [6.07, 6.45) is -0.0961. The molecule has 2 aromatic rings. The van der Waals surface area contributed by atoms with Crippen LogP contribution < -0.4 is 14.4 Å². The molecule has 1 fully saturated rings. The summed E-state index contributed by atoms with van der Waals surface area (Å²) in [6.45, 7) is 8.41. The van der Waals surface area contributed by atoms with E-state index in [-0.39, 0.29) is 17.9 Å². The second kappa shape index (κ2) is 9.44. The molecule has 0 atom stereocenters. The van der Waals surface area contributed by atoms with Crippen LogP contribution in [-0.2, 0) is 14.3 Å². The van der Waals surface area contributed by atoms with Crippen molar-refractivity contribution in [2.24, 2.45) is 0 Å². The van der Waals surface area contributed by atoms with E-state index >= 15 is 0 Å². The lowest BCUT2D eigenvalue weighted by molar-refractivity contribution is -0.121. The minimum Gasteiger partial charge on any atom is -0.494 e. The van der Waals surface area contributed by atoms with E-state index in [0.717, 1.165) is 0 Å². The highest BCUT2D eigenvalue weighted by molar-refractivity contribution is 6.45. The first-order valence-electron chi connectivity index (χ1n) is 11.0. The first kappa shape index (κ1) is 21.9. The fraction of sp³-hybridized carbons (Fsp3) is 0.360. The van der Waals surface area contributed by atoms with Gasteiger partial charge in [-0.15, -0.1) is 0 Å². The highest BCUT2D eigenvalue weighted by atomic mass is 16.5. The van der Waals surface area contributed by atoms with Gasteiger partial charge >= 0.3 is 0 Å². The van der Waals surface area contributed by atoms with Gasteiger partial charge in [-0.3, -0.25) is 9.59 Å². The van der Waals surface area contributed by atoms with Gasteiger partial charge in [0.1, 0.15) is 17.2 Å². The number of imide groups is 1. The lowest BCUT2D eigenvalue weighted by atomic mass is 10.0. The van der Waals surface area contributed by atoms with E-state index in [1.807, 2.05) is 56.0 Å². The first-order valence-corrected chi connectivity index (χ1v) is 11.0. The Morgan fingerprint density at radius 1 is 0.969 bits per heavy atom. The predicted molar refractivity (Wildman–Crippen MR) is 122 cm³/mol. The average Bonchev–Trinajstić information content (AvgIpc) is 3.05. The molecule has 2 heterocycles. The van der Waals surface area contributed by atoms with E-state index in [4.69, 9.17) is 14.2 Å². The Balaban J connectivity index is 1.79. The number of carbonyl (C=O) groups excluding carboxylic acids is 2. The molecule has 7 nitrogen and oxygen atoms in total. The standard InChI is InChI=1S/C25H28N2O5/c1-4-31-19-11-9-18(10-12-19)22-23(26-13-15-30-16-14-26)25(29)27(24(22)28)20-7-5-6-8-21(20)32-17(2)3/h5-12,17H,4,13-16H2,1-3H3. The fourth-order valence-corrected chi connectivity index (χ4v) is 3.96. The molecule has 0 radical (unpaired) electrons.